The van der Waals surface area contributed by atoms with Crippen LogP contribution in [-0.2, 0) is 0 Å². The normalized spacial score (nSPS) is 10.7. The molecule has 0 spiro atoms. The second kappa shape index (κ2) is 4.17. The molecule has 0 aliphatic rings. The van der Waals surface area contributed by atoms with Crippen LogP contribution in [0.25, 0.3) is 22.1 Å². The van der Waals surface area contributed by atoms with Crippen molar-refractivity contribution in [2.75, 3.05) is 0 Å². The summed E-state index contributed by atoms with van der Waals surface area (Å²) < 4.78 is 5.19. The van der Waals surface area contributed by atoms with Crippen molar-refractivity contribution >= 4 is 11.0 Å². The number of fused-ring (bicyclic) bond motifs is 1. The van der Waals surface area contributed by atoms with Crippen molar-refractivity contribution in [2.45, 2.75) is 0 Å². The standard InChI is InChI=1S/C15H10O4/c16-12-6-3-5-10(14(12)17)11-8-9-4-1-2-7-13(9)19-15(11)18/h1-8,16-17H. The molecule has 3 rings (SSSR count). The van der Waals surface area contributed by atoms with Gasteiger partial charge in [0.1, 0.15) is 5.58 Å². The van der Waals surface area contributed by atoms with Gasteiger partial charge in [0.2, 0.25) is 0 Å². The van der Waals surface area contributed by atoms with Crippen LogP contribution in [0.1, 0.15) is 0 Å². The highest BCUT2D eigenvalue weighted by atomic mass is 16.4. The Balaban J connectivity index is 2.34. The third-order valence-corrected chi connectivity index (χ3v) is 2.95. The zero-order valence-corrected chi connectivity index (χ0v) is 9.83. The highest BCUT2D eigenvalue weighted by molar-refractivity contribution is 5.83. The van der Waals surface area contributed by atoms with Crippen LogP contribution in [0.4, 0.5) is 0 Å². The van der Waals surface area contributed by atoms with Crippen LogP contribution in [0.5, 0.6) is 11.5 Å². The average Bonchev–Trinajstić information content (AvgIpc) is 2.41. The lowest BCUT2D eigenvalue weighted by Crippen LogP contribution is -2.02. The second-order valence-electron chi connectivity index (χ2n) is 4.16. The molecular formula is C15H10O4. The number of benzene rings is 2. The van der Waals surface area contributed by atoms with Crippen molar-refractivity contribution in [1.82, 2.24) is 0 Å². The second-order valence-corrected chi connectivity index (χ2v) is 4.16. The summed E-state index contributed by atoms with van der Waals surface area (Å²) in [6.45, 7) is 0. The van der Waals surface area contributed by atoms with Crippen LogP contribution in [0, 0.1) is 0 Å². The molecule has 1 aromatic heterocycles. The molecule has 4 nitrogen and oxygen atoms in total. The first-order valence-electron chi connectivity index (χ1n) is 5.71. The van der Waals surface area contributed by atoms with E-state index in [-0.39, 0.29) is 22.6 Å². The molecule has 0 saturated carbocycles. The Morgan fingerprint density at radius 2 is 1.68 bits per heavy atom. The van der Waals surface area contributed by atoms with Gasteiger partial charge in [0.05, 0.1) is 5.56 Å². The Morgan fingerprint density at radius 3 is 2.53 bits per heavy atom. The first-order chi connectivity index (χ1) is 9.16. The maximum absolute atomic E-state index is 11.9. The lowest BCUT2D eigenvalue weighted by atomic mass is 10.0. The van der Waals surface area contributed by atoms with Crippen molar-refractivity contribution in [1.29, 1.82) is 0 Å². The summed E-state index contributed by atoms with van der Waals surface area (Å²) in [4.78, 5) is 11.9. The van der Waals surface area contributed by atoms with E-state index in [9.17, 15) is 15.0 Å². The summed E-state index contributed by atoms with van der Waals surface area (Å²) in [5.41, 5.74) is 0.391. The van der Waals surface area contributed by atoms with E-state index in [4.69, 9.17) is 4.42 Å². The number of rotatable bonds is 1. The van der Waals surface area contributed by atoms with E-state index in [2.05, 4.69) is 0 Å². The third kappa shape index (κ3) is 1.83. The molecule has 3 aromatic rings. The van der Waals surface area contributed by atoms with E-state index in [0.717, 1.165) is 5.39 Å². The molecular weight excluding hydrogens is 244 g/mol. The van der Waals surface area contributed by atoms with Crippen LogP contribution in [0.2, 0.25) is 0 Å². The van der Waals surface area contributed by atoms with Crippen LogP contribution in [-0.4, -0.2) is 10.2 Å². The fourth-order valence-corrected chi connectivity index (χ4v) is 2.00. The fraction of sp³-hybridized carbons (Fsp3) is 0. The lowest BCUT2D eigenvalue weighted by Gasteiger charge is -2.06. The number of phenols is 2. The van der Waals surface area contributed by atoms with E-state index in [1.807, 2.05) is 12.1 Å². The Kier molecular flexibility index (Phi) is 2.49. The Hall–Kier alpha value is -2.75. The molecule has 0 fully saturated rings. The Labute approximate surface area is 108 Å². The molecule has 0 radical (unpaired) electrons. The van der Waals surface area contributed by atoms with Gasteiger partial charge in [-0.25, -0.2) is 4.79 Å². The number of aromatic hydroxyl groups is 2. The molecule has 94 valence electrons. The Bertz CT molecular complexity index is 818. The minimum atomic E-state index is -0.556. The molecule has 0 saturated heterocycles. The van der Waals surface area contributed by atoms with Crippen molar-refractivity contribution in [3.8, 4) is 22.6 Å². The maximum atomic E-state index is 11.9. The van der Waals surface area contributed by atoms with Gasteiger partial charge >= 0.3 is 5.63 Å². The van der Waals surface area contributed by atoms with E-state index in [1.165, 1.54) is 6.07 Å². The minimum absolute atomic E-state index is 0.215. The summed E-state index contributed by atoms with van der Waals surface area (Å²) in [5.74, 6) is -0.602. The van der Waals surface area contributed by atoms with Crippen LogP contribution in [0.3, 0.4) is 0 Å². The van der Waals surface area contributed by atoms with Gasteiger partial charge in [-0.05, 0) is 18.2 Å². The van der Waals surface area contributed by atoms with E-state index in [0.29, 0.717) is 5.58 Å². The zero-order chi connectivity index (χ0) is 13.4. The summed E-state index contributed by atoms with van der Waals surface area (Å²) >= 11 is 0. The quantitative estimate of drug-likeness (QED) is 0.517. The smallest absolute Gasteiger partial charge is 0.344 e. The molecule has 0 amide bonds. The number of hydrogen-bond acceptors (Lipinski definition) is 4. The lowest BCUT2D eigenvalue weighted by molar-refractivity contribution is 0.405. The highest BCUT2D eigenvalue weighted by Gasteiger charge is 2.13. The summed E-state index contributed by atoms with van der Waals surface area (Å²) in [5, 5.41) is 20.0. The fourth-order valence-electron chi connectivity index (χ4n) is 2.00. The number of para-hydroxylation sites is 2. The first-order valence-corrected chi connectivity index (χ1v) is 5.71. The number of hydrogen-bond donors (Lipinski definition) is 2. The van der Waals surface area contributed by atoms with Crippen molar-refractivity contribution in [2.24, 2.45) is 0 Å². The predicted molar refractivity (Wildman–Crippen MR) is 71.2 cm³/mol. The van der Waals surface area contributed by atoms with Gasteiger partial charge in [-0.1, -0.05) is 30.3 Å². The predicted octanol–water partition coefficient (Wildman–Crippen LogP) is 2.87. The largest absolute Gasteiger partial charge is 0.504 e. The van der Waals surface area contributed by atoms with E-state index >= 15 is 0 Å². The molecule has 2 aromatic carbocycles. The zero-order valence-electron chi connectivity index (χ0n) is 9.83. The van der Waals surface area contributed by atoms with Gasteiger partial charge in [0, 0.05) is 10.9 Å². The average molecular weight is 254 g/mol. The molecule has 1 heterocycles. The topological polar surface area (TPSA) is 70.7 Å². The summed E-state index contributed by atoms with van der Waals surface area (Å²) in [6.07, 6.45) is 0. The Morgan fingerprint density at radius 1 is 0.895 bits per heavy atom. The SMILES string of the molecule is O=c1oc2ccccc2cc1-c1cccc(O)c1O. The molecule has 0 aliphatic carbocycles. The van der Waals surface area contributed by atoms with Gasteiger partial charge in [-0.15, -0.1) is 0 Å². The van der Waals surface area contributed by atoms with Gasteiger partial charge in [-0.2, -0.15) is 0 Å². The highest BCUT2D eigenvalue weighted by Crippen LogP contribution is 2.35. The minimum Gasteiger partial charge on any atom is -0.504 e. The van der Waals surface area contributed by atoms with Crippen molar-refractivity contribution in [3.05, 3.63) is 59.0 Å². The van der Waals surface area contributed by atoms with Crippen LogP contribution in [0.15, 0.2) is 57.7 Å². The third-order valence-electron chi connectivity index (χ3n) is 2.95. The molecule has 4 heteroatoms. The molecule has 19 heavy (non-hydrogen) atoms. The van der Waals surface area contributed by atoms with Gasteiger partial charge in [-0.3, -0.25) is 0 Å². The van der Waals surface area contributed by atoms with E-state index in [1.54, 1.807) is 30.3 Å². The van der Waals surface area contributed by atoms with Gasteiger partial charge in [0.15, 0.2) is 11.5 Å². The summed E-state index contributed by atoms with van der Waals surface area (Å²) in [6, 6.07) is 13.2. The van der Waals surface area contributed by atoms with Crippen molar-refractivity contribution in [3.63, 3.8) is 0 Å². The number of phenolic OH excluding ortho intramolecular Hbond substituents is 2. The molecule has 2 N–H and O–H groups in total. The van der Waals surface area contributed by atoms with Gasteiger partial charge < -0.3 is 14.6 Å². The first kappa shape index (κ1) is 11.3. The van der Waals surface area contributed by atoms with Crippen molar-refractivity contribution < 1.29 is 14.6 Å². The molecule has 0 unspecified atom stereocenters. The van der Waals surface area contributed by atoms with Crippen LogP contribution >= 0.6 is 0 Å². The molecule has 0 bridgehead atoms. The maximum Gasteiger partial charge on any atom is 0.344 e. The monoisotopic (exact) mass is 254 g/mol. The van der Waals surface area contributed by atoms with Crippen LogP contribution < -0.4 is 5.63 Å². The molecule has 0 atom stereocenters. The summed E-state index contributed by atoms with van der Waals surface area (Å²) in [7, 11) is 0. The molecule has 0 aliphatic heterocycles. The van der Waals surface area contributed by atoms with E-state index < -0.39 is 5.63 Å². The van der Waals surface area contributed by atoms with Gasteiger partial charge in [0.25, 0.3) is 0 Å².